The zero-order valence-corrected chi connectivity index (χ0v) is 15.9. The quantitative estimate of drug-likeness (QED) is 0.610. The maximum atomic E-state index is 12.6. The highest BCUT2D eigenvalue weighted by atomic mass is 32.1. The van der Waals surface area contributed by atoms with E-state index in [0.29, 0.717) is 16.1 Å². The van der Waals surface area contributed by atoms with Crippen LogP contribution in [0.5, 0.6) is 0 Å². The van der Waals surface area contributed by atoms with Crippen LogP contribution in [0.3, 0.4) is 0 Å². The van der Waals surface area contributed by atoms with Crippen molar-refractivity contribution in [2.24, 2.45) is 5.73 Å². The molecule has 1 aliphatic rings. The normalized spacial score (nSPS) is 14.0. The average Bonchev–Trinajstić information content (AvgIpc) is 2.91. The molecule has 0 unspecified atom stereocenters. The summed E-state index contributed by atoms with van der Waals surface area (Å²) in [4.78, 5) is 36.4. The van der Waals surface area contributed by atoms with Crippen LogP contribution < -0.4 is 11.1 Å². The molecule has 0 aliphatic heterocycles. The second kappa shape index (κ2) is 7.87. The van der Waals surface area contributed by atoms with Crippen molar-refractivity contribution in [2.45, 2.75) is 45.4 Å². The molecular formula is C19H21N3O4S. The van der Waals surface area contributed by atoms with Gasteiger partial charge in [-0.1, -0.05) is 18.9 Å². The molecule has 0 atom stereocenters. The van der Waals surface area contributed by atoms with E-state index in [9.17, 15) is 19.7 Å². The summed E-state index contributed by atoms with van der Waals surface area (Å²) in [7, 11) is 0. The number of nitro benzene ring substituents is 1. The Kier molecular flexibility index (Phi) is 5.55. The maximum absolute atomic E-state index is 12.6. The van der Waals surface area contributed by atoms with Gasteiger partial charge in [0.2, 0.25) is 0 Å². The number of nitro groups is 1. The summed E-state index contributed by atoms with van der Waals surface area (Å²) in [5, 5.41) is 14.3. The number of carbonyl (C=O) groups is 2. The minimum Gasteiger partial charge on any atom is -0.365 e. The summed E-state index contributed by atoms with van der Waals surface area (Å²) in [6, 6.07) is 4.32. The van der Waals surface area contributed by atoms with Crippen molar-refractivity contribution in [3.8, 4) is 0 Å². The van der Waals surface area contributed by atoms with E-state index in [1.165, 1.54) is 29.5 Å². The molecule has 2 amide bonds. The van der Waals surface area contributed by atoms with Crippen LogP contribution in [-0.2, 0) is 12.8 Å². The van der Waals surface area contributed by atoms with Gasteiger partial charge < -0.3 is 11.1 Å². The number of hydrogen-bond donors (Lipinski definition) is 2. The van der Waals surface area contributed by atoms with E-state index in [1.807, 2.05) is 0 Å². The number of fused-ring (bicyclic) bond motifs is 1. The Morgan fingerprint density at radius 1 is 1.19 bits per heavy atom. The number of nitrogens with two attached hydrogens (primary N) is 1. The number of benzene rings is 1. The summed E-state index contributed by atoms with van der Waals surface area (Å²) >= 11 is 1.38. The van der Waals surface area contributed by atoms with Crippen LogP contribution in [0.25, 0.3) is 0 Å². The first-order valence-corrected chi connectivity index (χ1v) is 9.71. The van der Waals surface area contributed by atoms with Crippen LogP contribution in [0.15, 0.2) is 18.2 Å². The Hall–Kier alpha value is -2.74. The lowest BCUT2D eigenvalue weighted by Crippen LogP contribution is -2.18. The summed E-state index contributed by atoms with van der Waals surface area (Å²) < 4.78 is 0. The molecule has 0 spiro atoms. The van der Waals surface area contributed by atoms with Crippen molar-refractivity contribution in [1.29, 1.82) is 0 Å². The predicted octanol–water partition coefficient (Wildman–Crippen LogP) is 3.97. The minimum atomic E-state index is -0.557. The van der Waals surface area contributed by atoms with E-state index in [1.54, 1.807) is 6.92 Å². The number of carbonyl (C=O) groups excluding carboxylic acids is 2. The smallest absolute Gasteiger partial charge is 0.273 e. The number of nitrogens with zero attached hydrogens (tertiary/aromatic N) is 1. The third-order valence-electron chi connectivity index (χ3n) is 4.81. The molecule has 8 heteroatoms. The van der Waals surface area contributed by atoms with Crippen LogP contribution in [0.1, 0.15) is 62.4 Å². The Morgan fingerprint density at radius 3 is 2.56 bits per heavy atom. The van der Waals surface area contributed by atoms with Gasteiger partial charge in [-0.05, 0) is 44.2 Å². The topological polar surface area (TPSA) is 115 Å². The molecule has 0 fully saturated rings. The molecule has 3 N–H and O–H groups in total. The highest BCUT2D eigenvalue weighted by Crippen LogP contribution is 2.37. The van der Waals surface area contributed by atoms with Crippen molar-refractivity contribution < 1.29 is 14.5 Å². The Labute approximate surface area is 160 Å². The van der Waals surface area contributed by atoms with Gasteiger partial charge in [0.1, 0.15) is 5.00 Å². The first-order valence-electron chi connectivity index (χ1n) is 8.89. The fourth-order valence-electron chi connectivity index (χ4n) is 3.39. The molecule has 1 aromatic heterocycles. The first kappa shape index (κ1) is 19.0. The molecule has 3 rings (SSSR count). The fourth-order valence-corrected chi connectivity index (χ4v) is 4.68. The highest BCUT2D eigenvalue weighted by Gasteiger charge is 2.24. The van der Waals surface area contributed by atoms with Crippen molar-refractivity contribution in [3.05, 3.63) is 55.4 Å². The van der Waals surface area contributed by atoms with Crippen LogP contribution in [0.4, 0.5) is 10.7 Å². The lowest BCUT2D eigenvalue weighted by atomic mass is 9.96. The number of amides is 2. The van der Waals surface area contributed by atoms with Gasteiger partial charge in [-0.3, -0.25) is 19.7 Å². The number of aryl methyl sites for hydroxylation is 2. The Morgan fingerprint density at radius 2 is 1.89 bits per heavy atom. The van der Waals surface area contributed by atoms with E-state index < -0.39 is 16.7 Å². The van der Waals surface area contributed by atoms with Crippen LogP contribution in [0.2, 0.25) is 0 Å². The molecule has 27 heavy (non-hydrogen) atoms. The van der Waals surface area contributed by atoms with Crippen molar-refractivity contribution in [2.75, 3.05) is 5.32 Å². The highest BCUT2D eigenvalue weighted by molar-refractivity contribution is 7.17. The Bertz CT molecular complexity index is 920. The fraction of sp³-hybridized carbons (Fsp3) is 0.368. The molecule has 0 bridgehead atoms. The molecule has 0 radical (unpaired) electrons. The largest absolute Gasteiger partial charge is 0.365 e. The van der Waals surface area contributed by atoms with Gasteiger partial charge in [-0.15, -0.1) is 11.3 Å². The second-order valence-electron chi connectivity index (χ2n) is 6.70. The zero-order valence-electron chi connectivity index (χ0n) is 15.0. The second-order valence-corrected chi connectivity index (χ2v) is 7.80. The van der Waals surface area contributed by atoms with E-state index in [2.05, 4.69) is 5.32 Å². The molecule has 2 aromatic rings. The number of rotatable bonds is 4. The molecule has 0 saturated carbocycles. The van der Waals surface area contributed by atoms with Crippen molar-refractivity contribution >= 4 is 33.8 Å². The monoisotopic (exact) mass is 387 g/mol. The number of hydrogen-bond acceptors (Lipinski definition) is 5. The van der Waals surface area contributed by atoms with Gasteiger partial charge in [-0.2, -0.15) is 0 Å². The van der Waals surface area contributed by atoms with Crippen LogP contribution >= 0.6 is 11.3 Å². The van der Waals surface area contributed by atoms with Gasteiger partial charge in [0.05, 0.1) is 10.5 Å². The lowest BCUT2D eigenvalue weighted by molar-refractivity contribution is -0.385. The number of thiophene rings is 1. The predicted molar refractivity (Wildman–Crippen MR) is 104 cm³/mol. The SMILES string of the molecule is Cc1ccc(C(=O)Nc2sc3c(c2C(N)=O)CCCCCC3)cc1[N+](=O)[O-]. The first-order chi connectivity index (χ1) is 12.9. The Balaban J connectivity index is 1.94. The summed E-state index contributed by atoms with van der Waals surface area (Å²) in [5.74, 6) is -1.05. The number of nitrogens with one attached hydrogen (secondary N) is 1. The van der Waals surface area contributed by atoms with Gasteiger partial charge in [0, 0.05) is 22.1 Å². The summed E-state index contributed by atoms with van der Waals surface area (Å²) in [6.45, 7) is 1.62. The van der Waals surface area contributed by atoms with Crippen molar-refractivity contribution in [3.63, 3.8) is 0 Å². The van der Waals surface area contributed by atoms with Gasteiger partial charge in [-0.25, -0.2) is 0 Å². The minimum absolute atomic E-state index is 0.115. The van der Waals surface area contributed by atoms with Gasteiger partial charge >= 0.3 is 0 Å². The van der Waals surface area contributed by atoms with E-state index in [-0.39, 0.29) is 11.3 Å². The molecule has 142 valence electrons. The van der Waals surface area contributed by atoms with E-state index in [0.717, 1.165) is 49.0 Å². The third-order valence-corrected chi connectivity index (χ3v) is 6.02. The summed E-state index contributed by atoms with van der Waals surface area (Å²) in [5.41, 5.74) is 7.46. The lowest BCUT2D eigenvalue weighted by Gasteiger charge is -2.10. The number of primary amides is 1. The third kappa shape index (κ3) is 4.00. The average molecular weight is 387 g/mol. The molecular weight excluding hydrogens is 366 g/mol. The molecule has 1 aromatic carbocycles. The zero-order chi connectivity index (χ0) is 19.6. The van der Waals surface area contributed by atoms with E-state index >= 15 is 0 Å². The van der Waals surface area contributed by atoms with Crippen molar-refractivity contribution in [1.82, 2.24) is 0 Å². The van der Waals surface area contributed by atoms with Gasteiger partial charge in [0.15, 0.2) is 0 Å². The standard InChI is InChI=1S/C19H21N3O4S/c1-11-8-9-12(10-14(11)22(25)26)18(24)21-19-16(17(20)23)13-6-4-2-3-5-7-15(13)27-19/h8-10H,2-7H2,1H3,(H2,20,23)(H,21,24). The number of anilines is 1. The van der Waals surface area contributed by atoms with Crippen LogP contribution in [-0.4, -0.2) is 16.7 Å². The maximum Gasteiger partial charge on any atom is 0.273 e. The molecule has 7 nitrogen and oxygen atoms in total. The van der Waals surface area contributed by atoms with Gasteiger partial charge in [0.25, 0.3) is 17.5 Å². The molecule has 0 saturated heterocycles. The molecule has 1 aliphatic carbocycles. The molecule has 1 heterocycles. The van der Waals surface area contributed by atoms with E-state index in [4.69, 9.17) is 5.73 Å². The summed E-state index contributed by atoms with van der Waals surface area (Å²) in [6.07, 6.45) is 5.94. The van der Waals surface area contributed by atoms with Crippen LogP contribution in [0, 0.1) is 17.0 Å².